The first-order valence-corrected chi connectivity index (χ1v) is 8.54. The average molecular weight is 348 g/mol. The molecule has 1 aliphatic rings. The SMILES string of the molecule is C[N+](C)([O-])CC1C(C[N+](C)(C)[O-])C(C[N+](C)(C)[O-])C1C[N+](C)(C)[O-]. The summed E-state index contributed by atoms with van der Waals surface area (Å²) in [6, 6.07) is 0. The minimum Gasteiger partial charge on any atom is -0.633 e. The molecule has 8 nitrogen and oxygen atoms in total. The van der Waals surface area contributed by atoms with Crippen molar-refractivity contribution in [1.82, 2.24) is 0 Å². The largest absolute Gasteiger partial charge is 0.633 e. The maximum absolute atomic E-state index is 12.2. The summed E-state index contributed by atoms with van der Waals surface area (Å²) in [5, 5.41) is 48.9. The third-order valence-electron chi connectivity index (χ3n) is 4.80. The van der Waals surface area contributed by atoms with E-state index in [0.717, 1.165) is 0 Å². The van der Waals surface area contributed by atoms with Crippen LogP contribution in [0.1, 0.15) is 0 Å². The molecule has 0 bridgehead atoms. The Balaban J connectivity index is 3.07. The van der Waals surface area contributed by atoms with E-state index in [1.165, 1.54) is 0 Å². The van der Waals surface area contributed by atoms with Gasteiger partial charge in [0.05, 0.1) is 82.6 Å². The fraction of sp³-hybridized carbons (Fsp3) is 1.00. The first-order chi connectivity index (χ1) is 10.4. The van der Waals surface area contributed by atoms with E-state index >= 15 is 0 Å². The second kappa shape index (κ2) is 6.77. The van der Waals surface area contributed by atoms with Gasteiger partial charge in [0.25, 0.3) is 0 Å². The fourth-order valence-electron chi connectivity index (χ4n) is 4.24. The van der Waals surface area contributed by atoms with Gasteiger partial charge in [-0.1, -0.05) is 0 Å². The molecule has 1 fully saturated rings. The molecule has 0 saturated heterocycles. The van der Waals surface area contributed by atoms with E-state index in [0.29, 0.717) is 26.2 Å². The van der Waals surface area contributed by atoms with Gasteiger partial charge < -0.3 is 39.4 Å². The highest BCUT2D eigenvalue weighted by molar-refractivity contribution is 4.97. The fourth-order valence-corrected chi connectivity index (χ4v) is 4.24. The highest BCUT2D eigenvalue weighted by atomic mass is 16.5. The second-order valence-electron chi connectivity index (χ2n) is 9.68. The van der Waals surface area contributed by atoms with Crippen LogP contribution in [0, 0.1) is 44.5 Å². The van der Waals surface area contributed by atoms with Crippen LogP contribution in [-0.4, -0.2) is 101 Å². The molecule has 0 heterocycles. The lowest BCUT2D eigenvalue weighted by atomic mass is 9.55. The molecule has 0 N–H and O–H groups in total. The molecule has 0 spiro atoms. The van der Waals surface area contributed by atoms with Gasteiger partial charge in [0.2, 0.25) is 0 Å². The third kappa shape index (κ3) is 7.28. The molecule has 0 atom stereocenters. The minimum atomic E-state index is -0.446. The Morgan fingerprint density at radius 3 is 0.625 bits per heavy atom. The van der Waals surface area contributed by atoms with E-state index in [-0.39, 0.29) is 23.7 Å². The van der Waals surface area contributed by atoms with Crippen molar-refractivity contribution in [1.29, 1.82) is 0 Å². The minimum absolute atomic E-state index is 0.00625. The standard InChI is InChI=1S/C16H36N4O4/c1-17(2,21)9-13-14(10-18(3,4)22)16(12-20(7,8)24)15(13)11-19(5,6)23/h13-16H,9-12H2,1-8H3. The maximum atomic E-state index is 12.2. The Hall–Kier alpha value is -0.320. The van der Waals surface area contributed by atoms with Crippen molar-refractivity contribution in [2.24, 2.45) is 23.7 Å². The first kappa shape index (κ1) is 21.7. The van der Waals surface area contributed by atoms with Gasteiger partial charge in [-0.15, -0.1) is 0 Å². The Morgan fingerprint density at radius 1 is 0.417 bits per heavy atom. The normalized spacial score (nSPS) is 29.5. The third-order valence-corrected chi connectivity index (χ3v) is 4.80. The molecule has 1 rings (SSSR count). The van der Waals surface area contributed by atoms with Gasteiger partial charge in [-0.2, -0.15) is 0 Å². The smallest absolute Gasteiger partial charge is 0.0818 e. The van der Waals surface area contributed by atoms with E-state index in [2.05, 4.69) is 0 Å². The summed E-state index contributed by atoms with van der Waals surface area (Å²) in [5.41, 5.74) is 0. The summed E-state index contributed by atoms with van der Waals surface area (Å²) in [5.74, 6) is 0.0250. The van der Waals surface area contributed by atoms with Crippen LogP contribution < -0.4 is 0 Å². The van der Waals surface area contributed by atoms with Crippen molar-refractivity contribution < 1.29 is 18.6 Å². The van der Waals surface area contributed by atoms with Crippen molar-refractivity contribution in [2.45, 2.75) is 0 Å². The Morgan fingerprint density at radius 2 is 0.542 bits per heavy atom. The second-order valence-corrected chi connectivity index (χ2v) is 9.68. The van der Waals surface area contributed by atoms with E-state index in [1.54, 1.807) is 56.4 Å². The summed E-state index contributed by atoms with van der Waals surface area (Å²) in [6.45, 7) is 1.49. The summed E-state index contributed by atoms with van der Waals surface area (Å²) in [6.07, 6.45) is 0. The van der Waals surface area contributed by atoms with Gasteiger partial charge in [-0.3, -0.25) is 0 Å². The van der Waals surface area contributed by atoms with Crippen LogP contribution in [0.4, 0.5) is 0 Å². The highest BCUT2D eigenvalue weighted by Gasteiger charge is 2.56. The zero-order valence-electron chi connectivity index (χ0n) is 16.6. The molecule has 1 aliphatic carbocycles. The van der Waals surface area contributed by atoms with Crippen LogP contribution in [-0.2, 0) is 0 Å². The van der Waals surface area contributed by atoms with Crippen LogP contribution in [0.3, 0.4) is 0 Å². The lowest BCUT2D eigenvalue weighted by Crippen LogP contribution is -2.65. The van der Waals surface area contributed by atoms with Gasteiger partial charge in [-0.05, 0) is 0 Å². The van der Waals surface area contributed by atoms with Crippen LogP contribution in [0.2, 0.25) is 0 Å². The topological polar surface area (TPSA) is 92.2 Å². The Bertz CT molecular complexity index is 330. The highest BCUT2D eigenvalue weighted by Crippen LogP contribution is 2.49. The van der Waals surface area contributed by atoms with Crippen LogP contribution in [0.5, 0.6) is 0 Å². The van der Waals surface area contributed by atoms with E-state index in [4.69, 9.17) is 0 Å². The van der Waals surface area contributed by atoms with Crippen molar-refractivity contribution in [2.75, 3.05) is 82.6 Å². The van der Waals surface area contributed by atoms with Crippen molar-refractivity contribution in [3.63, 3.8) is 0 Å². The monoisotopic (exact) mass is 348 g/mol. The van der Waals surface area contributed by atoms with E-state index in [9.17, 15) is 20.8 Å². The van der Waals surface area contributed by atoms with Crippen LogP contribution >= 0.6 is 0 Å². The lowest BCUT2D eigenvalue weighted by molar-refractivity contribution is -0.875. The van der Waals surface area contributed by atoms with Gasteiger partial charge in [0, 0.05) is 23.7 Å². The lowest BCUT2D eigenvalue weighted by Gasteiger charge is -2.59. The number of nitrogens with zero attached hydrogens (tertiary/aromatic N) is 4. The van der Waals surface area contributed by atoms with Crippen molar-refractivity contribution in [3.05, 3.63) is 20.8 Å². The molecule has 0 unspecified atom stereocenters. The van der Waals surface area contributed by atoms with Crippen LogP contribution in [0.15, 0.2) is 0 Å². The first-order valence-electron chi connectivity index (χ1n) is 8.54. The Labute approximate surface area is 146 Å². The summed E-state index contributed by atoms with van der Waals surface area (Å²) >= 11 is 0. The molecule has 0 aliphatic heterocycles. The molecule has 0 radical (unpaired) electrons. The zero-order valence-corrected chi connectivity index (χ0v) is 16.6. The van der Waals surface area contributed by atoms with Gasteiger partial charge in [0.15, 0.2) is 0 Å². The van der Waals surface area contributed by atoms with Gasteiger partial charge in [0.1, 0.15) is 0 Å². The van der Waals surface area contributed by atoms with Crippen LogP contribution in [0.25, 0.3) is 0 Å². The van der Waals surface area contributed by atoms with Gasteiger partial charge >= 0.3 is 0 Å². The average Bonchev–Trinajstić information content (AvgIpc) is 2.24. The van der Waals surface area contributed by atoms with Crippen molar-refractivity contribution >= 4 is 0 Å². The number of hydrogen-bond donors (Lipinski definition) is 0. The number of hydroxylamine groups is 12. The molecule has 0 aromatic carbocycles. The summed E-state index contributed by atoms with van der Waals surface area (Å²) in [7, 11) is 12.7. The molecule has 24 heavy (non-hydrogen) atoms. The van der Waals surface area contributed by atoms with Crippen molar-refractivity contribution in [3.8, 4) is 0 Å². The van der Waals surface area contributed by atoms with Gasteiger partial charge in [-0.25, -0.2) is 0 Å². The van der Waals surface area contributed by atoms with E-state index < -0.39 is 18.6 Å². The molecule has 0 amide bonds. The molecule has 8 heteroatoms. The summed E-state index contributed by atoms with van der Waals surface area (Å²) in [4.78, 5) is 0. The predicted octanol–water partition coefficient (Wildman–Crippen LogP) is 0.762. The number of quaternary nitrogens is 4. The Kier molecular flexibility index (Phi) is 6.13. The number of rotatable bonds is 8. The predicted molar refractivity (Wildman–Crippen MR) is 95.3 cm³/mol. The van der Waals surface area contributed by atoms with E-state index in [1.807, 2.05) is 0 Å². The molecular formula is C16H36N4O4. The maximum Gasteiger partial charge on any atom is 0.0818 e. The molecule has 144 valence electrons. The summed E-state index contributed by atoms with van der Waals surface area (Å²) < 4.78 is -1.78. The zero-order chi connectivity index (χ0) is 19.1. The quantitative estimate of drug-likeness (QED) is 0.478. The molecule has 1 saturated carbocycles. The molecular weight excluding hydrogens is 312 g/mol. The number of hydrogen-bond acceptors (Lipinski definition) is 4. The molecule has 0 aromatic heterocycles. The molecule has 0 aromatic rings.